The Kier molecular flexibility index (Phi) is 14.5. The molecule has 266 valence electrons. The molecule has 0 bridgehead atoms. The molecular formula is C37H44ClN5O7. The van der Waals surface area contributed by atoms with Crippen LogP contribution in [0.4, 0.5) is 0 Å². The van der Waals surface area contributed by atoms with Gasteiger partial charge in [0.2, 0.25) is 23.6 Å². The summed E-state index contributed by atoms with van der Waals surface area (Å²) in [7, 11) is 0. The maximum atomic E-state index is 13.7. The van der Waals surface area contributed by atoms with Gasteiger partial charge in [-0.2, -0.15) is 0 Å². The first-order valence-corrected chi connectivity index (χ1v) is 17.1. The summed E-state index contributed by atoms with van der Waals surface area (Å²) in [5, 5.41) is 14.4. The summed E-state index contributed by atoms with van der Waals surface area (Å²) >= 11 is 5.93. The Bertz CT molecular complexity index is 1600. The monoisotopic (exact) mass is 705 g/mol. The molecule has 0 saturated carbocycles. The summed E-state index contributed by atoms with van der Waals surface area (Å²) < 4.78 is 11.5. The molecule has 0 unspecified atom stereocenters. The van der Waals surface area contributed by atoms with Gasteiger partial charge in [-0.15, -0.1) is 0 Å². The fourth-order valence-corrected chi connectivity index (χ4v) is 5.41. The molecule has 3 aromatic rings. The quantitative estimate of drug-likeness (QED) is 0.214. The average molecular weight is 706 g/mol. The maximum absolute atomic E-state index is 13.7. The van der Waals surface area contributed by atoms with E-state index in [1.807, 2.05) is 44.2 Å². The number of hydrogen-bond donors (Lipinski definition) is 5. The van der Waals surface area contributed by atoms with Crippen LogP contribution in [0.25, 0.3) is 0 Å². The average Bonchev–Trinajstić information content (AvgIpc) is 3.09. The Labute approximate surface area is 297 Å². The van der Waals surface area contributed by atoms with Crippen molar-refractivity contribution in [2.45, 2.75) is 57.7 Å². The van der Waals surface area contributed by atoms with E-state index in [-0.39, 0.29) is 62.3 Å². The number of fused-ring (bicyclic) bond motifs is 1. The molecule has 0 radical (unpaired) electrons. The van der Waals surface area contributed by atoms with Crippen LogP contribution in [-0.2, 0) is 25.6 Å². The zero-order valence-electron chi connectivity index (χ0n) is 28.2. The minimum absolute atomic E-state index is 0.00116. The first kappa shape index (κ1) is 37.7. The predicted molar refractivity (Wildman–Crippen MR) is 189 cm³/mol. The molecule has 0 aromatic heterocycles. The highest BCUT2D eigenvalue weighted by Crippen LogP contribution is 2.19. The normalized spacial score (nSPS) is 19.3. The van der Waals surface area contributed by atoms with Crippen molar-refractivity contribution < 1.29 is 33.4 Å². The van der Waals surface area contributed by atoms with Gasteiger partial charge in [-0.05, 0) is 60.7 Å². The van der Waals surface area contributed by atoms with E-state index in [2.05, 4.69) is 26.6 Å². The zero-order chi connectivity index (χ0) is 35.9. The van der Waals surface area contributed by atoms with E-state index in [0.717, 1.165) is 5.56 Å². The molecule has 0 spiro atoms. The van der Waals surface area contributed by atoms with Gasteiger partial charge < -0.3 is 36.1 Å². The second kappa shape index (κ2) is 19.2. The summed E-state index contributed by atoms with van der Waals surface area (Å²) in [6, 6.07) is 19.4. The third-order valence-corrected chi connectivity index (χ3v) is 8.03. The molecule has 1 aliphatic rings. The molecule has 0 fully saturated rings. The molecule has 3 aromatic carbocycles. The lowest BCUT2D eigenvalue weighted by Gasteiger charge is -2.25. The Hall–Kier alpha value is -5.10. The topological polar surface area (TPSA) is 164 Å². The van der Waals surface area contributed by atoms with Crippen LogP contribution in [0.5, 0.6) is 11.5 Å². The number of hydrogen-bond acceptors (Lipinski definition) is 7. The van der Waals surface area contributed by atoms with Crippen molar-refractivity contribution in [1.82, 2.24) is 26.6 Å². The van der Waals surface area contributed by atoms with Gasteiger partial charge >= 0.3 is 0 Å². The van der Waals surface area contributed by atoms with Crippen LogP contribution in [0.15, 0.2) is 78.9 Å². The Morgan fingerprint density at radius 1 is 0.900 bits per heavy atom. The summed E-state index contributed by atoms with van der Waals surface area (Å²) in [5.41, 5.74) is 1.02. The second-order valence-corrected chi connectivity index (χ2v) is 12.7. The summed E-state index contributed by atoms with van der Waals surface area (Å²) in [6.45, 7) is 4.44. The lowest BCUT2D eigenvalue weighted by Crippen LogP contribution is -2.56. The number of benzene rings is 3. The van der Waals surface area contributed by atoms with Crippen LogP contribution in [0.2, 0.25) is 5.02 Å². The number of halogens is 1. The lowest BCUT2D eigenvalue weighted by molar-refractivity contribution is -0.133. The van der Waals surface area contributed by atoms with Gasteiger partial charge in [0, 0.05) is 18.0 Å². The van der Waals surface area contributed by atoms with Crippen LogP contribution in [-0.4, -0.2) is 74.0 Å². The molecule has 0 aliphatic carbocycles. The Morgan fingerprint density at radius 3 is 2.36 bits per heavy atom. The number of rotatable bonds is 9. The molecular weight excluding hydrogens is 662 g/mol. The van der Waals surface area contributed by atoms with E-state index in [9.17, 15) is 24.0 Å². The van der Waals surface area contributed by atoms with Crippen LogP contribution in [0, 0.1) is 5.92 Å². The van der Waals surface area contributed by atoms with E-state index in [1.165, 1.54) is 0 Å². The maximum Gasteiger partial charge on any atom is 0.255 e. The van der Waals surface area contributed by atoms with Crippen molar-refractivity contribution in [2.75, 3.05) is 26.3 Å². The molecule has 5 amide bonds. The van der Waals surface area contributed by atoms with E-state index >= 15 is 0 Å². The van der Waals surface area contributed by atoms with E-state index in [4.69, 9.17) is 21.1 Å². The molecule has 4 rings (SSSR count). The Morgan fingerprint density at radius 2 is 1.62 bits per heavy atom. The highest BCUT2D eigenvalue weighted by atomic mass is 35.5. The fourth-order valence-electron chi connectivity index (χ4n) is 5.28. The van der Waals surface area contributed by atoms with Gasteiger partial charge in [-0.3, -0.25) is 24.0 Å². The van der Waals surface area contributed by atoms with Crippen LogP contribution < -0.4 is 36.1 Å². The van der Waals surface area contributed by atoms with Crippen LogP contribution in [0.3, 0.4) is 0 Å². The standard InChI is InChI=1S/C37H44ClN5O7/c1-24(2)21-29-37(48)43-30(22-25-9-4-3-5-10-25)35(46)39-17-8-19-50-32-12-7-6-11-28(32)34(45)42-31(23-33(44)41-29)36(47)40-18-20-49-27-15-13-26(38)14-16-27/h3-7,9-16,24,29-31H,8,17-23H2,1-2H3,(H,39,46)(H,40,47)(H,41,44)(H,42,45)(H,43,48)/t29-,30+,31+/m1/s1. The molecule has 50 heavy (non-hydrogen) atoms. The minimum atomic E-state index is -1.30. The van der Waals surface area contributed by atoms with Gasteiger partial charge in [-0.25, -0.2) is 0 Å². The number of ether oxygens (including phenoxy) is 2. The number of para-hydroxylation sites is 1. The highest BCUT2D eigenvalue weighted by molar-refractivity contribution is 6.30. The number of amides is 5. The van der Waals surface area contributed by atoms with E-state index in [1.54, 1.807) is 48.5 Å². The number of carbonyl (C=O) groups is 5. The predicted octanol–water partition coefficient (Wildman–Crippen LogP) is 3.18. The number of carbonyl (C=O) groups excluding carboxylic acids is 5. The van der Waals surface area contributed by atoms with Gasteiger partial charge in [0.25, 0.3) is 5.91 Å². The summed E-state index contributed by atoms with van der Waals surface area (Å²) in [5.74, 6) is -1.96. The fraction of sp³-hybridized carbons (Fsp3) is 0.378. The molecule has 1 aliphatic heterocycles. The van der Waals surface area contributed by atoms with Crippen molar-refractivity contribution in [3.8, 4) is 11.5 Å². The third kappa shape index (κ3) is 12.1. The van der Waals surface area contributed by atoms with Crippen molar-refractivity contribution in [1.29, 1.82) is 0 Å². The Balaban J connectivity index is 1.55. The minimum Gasteiger partial charge on any atom is -0.493 e. The second-order valence-electron chi connectivity index (χ2n) is 12.3. The molecule has 0 saturated heterocycles. The summed E-state index contributed by atoms with van der Waals surface area (Å²) in [4.78, 5) is 67.4. The first-order valence-electron chi connectivity index (χ1n) is 16.7. The van der Waals surface area contributed by atoms with Crippen molar-refractivity contribution >= 4 is 41.1 Å². The zero-order valence-corrected chi connectivity index (χ0v) is 29.0. The number of nitrogens with one attached hydrogen (secondary N) is 5. The molecule has 3 atom stereocenters. The summed E-state index contributed by atoms with van der Waals surface area (Å²) in [6.07, 6.45) is 0.463. The molecule has 12 nitrogen and oxygen atoms in total. The van der Waals surface area contributed by atoms with Gasteiger partial charge in [0.15, 0.2) is 0 Å². The van der Waals surface area contributed by atoms with Crippen molar-refractivity contribution in [2.24, 2.45) is 5.92 Å². The molecule has 13 heteroatoms. The van der Waals surface area contributed by atoms with Crippen molar-refractivity contribution in [3.05, 3.63) is 95.0 Å². The van der Waals surface area contributed by atoms with Gasteiger partial charge in [0.1, 0.15) is 36.2 Å². The van der Waals surface area contributed by atoms with Crippen LogP contribution >= 0.6 is 11.6 Å². The van der Waals surface area contributed by atoms with Gasteiger partial charge in [0.05, 0.1) is 25.1 Å². The lowest BCUT2D eigenvalue weighted by atomic mass is 10.0. The van der Waals surface area contributed by atoms with E-state index in [0.29, 0.717) is 17.2 Å². The van der Waals surface area contributed by atoms with Crippen LogP contribution in [0.1, 0.15) is 49.0 Å². The third-order valence-electron chi connectivity index (χ3n) is 7.78. The molecule has 1 heterocycles. The largest absolute Gasteiger partial charge is 0.493 e. The molecule has 5 N–H and O–H groups in total. The van der Waals surface area contributed by atoms with E-state index < -0.39 is 48.2 Å². The SMILES string of the molecule is CC(C)C[C@H]1NC(=O)C[C@@H](C(=O)NCCOc2ccc(Cl)cc2)NC(=O)c2ccccc2OCCCNC(=O)[C@H](Cc2ccccc2)NC1=O. The van der Waals surface area contributed by atoms with Gasteiger partial charge in [-0.1, -0.05) is 67.9 Å². The smallest absolute Gasteiger partial charge is 0.255 e. The first-order chi connectivity index (χ1) is 24.1. The van der Waals surface area contributed by atoms with Crippen molar-refractivity contribution in [3.63, 3.8) is 0 Å². The highest BCUT2D eigenvalue weighted by Gasteiger charge is 2.31.